The van der Waals surface area contributed by atoms with Gasteiger partial charge in [-0.15, -0.1) is 0 Å². The predicted molar refractivity (Wildman–Crippen MR) is 60.0 cm³/mol. The summed E-state index contributed by atoms with van der Waals surface area (Å²) in [4.78, 5) is 11.3. The van der Waals surface area contributed by atoms with Crippen molar-refractivity contribution in [3.8, 4) is 5.75 Å². The Bertz CT molecular complexity index is 398. The van der Waals surface area contributed by atoms with Crippen molar-refractivity contribution in [1.82, 2.24) is 5.32 Å². The number of ether oxygens (including phenoxy) is 2. The molecule has 1 aromatic carbocycles. The summed E-state index contributed by atoms with van der Waals surface area (Å²) in [6.45, 7) is 0.0252. The summed E-state index contributed by atoms with van der Waals surface area (Å²) in [7, 11) is 2.90. The van der Waals surface area contributed by atoms with Gasteiger partial charge in [-0.1, -0.05) is 0 Å². The van der Waals surface area contributed by atoms with Gasteiger partial charge in [0.1, 0.15) is 11.6 Å². The molecule has 1 rings (SSSR count). The van der Waals surface area contributed by atoms with Gasteiger partial charge in [0.2, 0.25) is 0 Å². The highest BCUT2D eigenvalue weighted by Gasteiger charge is 2.14. The highest BCUT2D eigenvalue weighted by Crippen LogP contribution is 2.28. The van der Waals surface area contributed by atoms with Crippen molar-refractivity contribution in [3.05, 3.63) is 28.0 Å². The molecule has 0 bridgehead atoms. The van der Waals surface area contributed by atoms with E-state index in [1.54, 1.807) is 0 Å². The van der Waals surface area contributed by atoms with Gasteiger partial charge in [0.05, 0.1) is 10.0 Å². The third kappa shape index (κ3) is 2.93. The minimum atomic E-state index is -0.615. The van der Waals surface area contributed by atoms with Gasteiger partial charge >= 0.3 is 0 Å². The first kappa shape index (κ1) is 12.9. The van der Waals surface area contributed by atoms with Crippen LogP contribution in [0.2, 0.25) is 0 Å². The second kappa shape index (κ2) is 5.81. The zero-order chi connectivity index (χ0) is 12.1. The van der Waals surface area contributed by atoms with Crippen LogP contribution in [0.15, 0.2) is 16.6 Å². The summed E-state index contributed by atoms with van der Waals surface area (Å²) >= 11 is 3.13. The molecule has 16 heavy (non-hydrogen) atoms. The van der Waals surface area contributed by atoms with E-state index in [4.69, 9.17) is 9.47 Å². The molecule has 88 valence electrons. The van der Waals surface area contributed by atoms with E-state index in [-0.39, 0.29) is 12.4 Å². The molecule has 0 spiro atoms. The van der Waals surface area contributed by atoms with Crippen LogP contribution in [0.5, 0.6) is 5.75 Å². The normalized spacial score (nSPS) is 10.0. The molecular formula is C10H11BrFNO3. The molecule has 0 saturated carbocycles. The highest BCUT2D eigenvalue weighted by molar-refractivity contribution is 9.10. The first-order valence-corrected chi connectivity index (χ1v) is 5.22. The van der Waals surface area contributed by atoms with E-state index < -0.39 is 11.7 Å². The van der Waals surface area contributed by atoms with Gasteiger partial charge in [-0.25, -0.2) is 4.39 Å². The number of nitrogens with one attached hydrogen (secondary N) is 1. The maximum absolute atomic E-state index is 13.4. The Labute approximate surface area is 101 Å². The third-order valence-electron chi connectivity index (χ3n) is 1.83. The fourth-order valence-electron chi connectivity index (χ4n) is 1.07. The van der Waals surface area contributed by atoms with E-state index in [2.05, 4.69) is 21.2 Å². The Balaban J connectivity index is 3.06. The zero-order valence-corrected chi connectivity index (χ0v) is 10.4. The number of halogens is 2. The van der Waals surface area contributed by atoms with Gasteiger partial charge in [-0.3, -0.25) is 4.79 Å². The van der Waals surface area contributed by atoms with Crippen LogP contribution in [0.1, 0.15) is 10.4 Å². The average Bonchev–Trinajstić information content (AvgIpc) is 2.27. The average molecular weight is 292 g/mol. The van der Waals surface area contributed by atoms with Crippen LogP contribution in [-0.4, -0.2) is 26.9 Å². The summed E-state index contributed by atoms with van der Waals surface area (Å²) in [5.41, 5.74) is -0.0724. The highest BCUT2D eigenvalue weighted by atomic mass is 79.9. The Morgan fingerprint density at radius 3 is 2.81 bits per heavy atom. The number of methoxy groups -OCH3 is 1. The number of hydrogen-bond donors (Lipinski definition) is 1. The molecule has 0 atom stereocenters. The Kier molecular flexibility index (Phi) is 4.70. The molecule has 0 radical (unpaired) electrons. The van der Waals surface area contributed by atoms with E-state index in [1.807, 2.05) is 0 Å². The van der Waals surface area contributed by atoms with Gasteiger partial charge in [0, 0.05) is 14.2 Å². The third-order valence-corrected chi connectivity index (χ3v) is 2.45. The first-order chi connectivity index (χ1) is 7.60. The van der Waals surface area contributed by atoms with Gasteiger partial charge in [0.15, 0.2) is 6.79 Å². The van der Waals surface area contributed by atoms with Crippen molar-refractivity contribution in [2.24, 2.45) is 0 Å². The maximum atomic E-state index is 13.4. The fraction of sp³-hybridized carbons (Fsp3) is 0.300. The second-order valence-corrected chi connectivity index (χ2v) is 3.75. The summed E-state index contributed by atoms with van der Waals surface area (Å²) in [5.74, 6) is -0.773. The number of carbonyl (C=O) groups excluding carboxylic acids is 1. The predicted octanol–water partition coefficient (Wildman–Crippen LogP) is 1.93. The van der Waals surface area contributed by atoms with Crippen LogP contribution < -0.4 is 10.1 Å². The molecule has 1 aromatic rings. The Morgan fingerprint density at radius 2 is 2.25 bits per heavy atom. The van der Waals surface area contributed by atoms with Crippen molar-refractivity contribution < 1.29 is 18.7 Å². The lowest BCUT2D eigenvalue weighted by atomic mass is 10.2. The van der Waals surface area contributed by atoms with Crippen molar-refractivity contribution in [3.63, 3.8) is 0 Å². The molecule has 0 aliphatic carbocycles. The van der Waals surface area contributed by atoms with Gasteiger partial charge in [-0.05, 0) is 28.1 Å². The van der Waals surface area contributed by atoms with Crippen LogP contribution in [0.4, 0.5) is 4.39 Å². The van der Waals surface area contributed by atoms with E-state index in [1.165, 1.54) is 26.3 Å². The Morgan fingerprint density at radius 1 is 1.56 bits per heavy atom. The smallest absolute Gasteiger partial charge is 0.254 e. The lowest BCUT2D eigenvalue weighted by Gasteiger charge is -2.09. The zero-order valence-electron chi connectivity index (χ0n) is 8.84. The molecule has 4 nitrogen and oxygen atoms in total. The monoisotopic (exact) mass is 291 g/mol. The van der Waals surface area contributed by atoms with E-state index in [0.29, 0.717) is 10.2 Å². The second-order valence-electron chi connectivity index (χ2n) is 2.89. The molecule has 0 unspecified atom stereocenters. The summed E-state index contributed by atoms with van der Waals surface area (Å²) in [5, 5.41) is 2.34. The molecule has 1 amide bonds. The lowest BCUT2D eigenvalue weighted by molar-refractivity contribution is 0.0504. The molecule has 6 heteroatoms. The molecule has 0 saturated heterocycles. The number of carbonyl (C=O) groups is 1. The van der Waals surface area contributed by atoms with Crippen molar-refractivity contribution in [1.29, 1.82) is 0 Å². The standard InChI is InChI=1S/C10H11BrFNO3/c1-13-10(14)6-3-9(16-5-15-2)7(11)4-8(6)12/h3-4H,5H2,1-2H3,(H,13,14). The van der Waals surface area contributed by atoms with Crippen LogP contribution in [0.25, 0.3) is 0 Å². The fourth-order valence-corrected chi connectivity index (χ4v) is 1.50. The minimum absolute atomic E-state index is 0.0252. The summed E-state index contributed by atoms with van der Waals surface area (Å²) in [6.07, 6.45) is 0. The van der Waals surface area contributed by atoms with E-state index >= 15 is 0 Å². The topological polar surface area (TPSA) is 47.6 Å². The molecule has 0 fully saturated rings. The van der Waals surface area contributed by atoms with E-state index in [9.17, 15) is 9.18 Å². The molecular weight excluding hydrogens is 281 g/mol. The van der Waals surface area contributed by atoms with Crippen molar-refractivity contribution in [2.75, 3.05) is 21.0 Å². The van der Waals surface area contributed by atoms with Crippen LogP contribution in [0, 0.1) is 5.82 Å². The van der Waals surface area contributed by atoms with Crippen LogP contribution in [0.3, 0.4) is 0 Å². The quantitative estimate of drug-likeness (QED) is 0.863. The summed E-state index contributed by atoms with van der Waals surface area (Å²) in [6, 6.07) is 2.49. The maximum Gasteiger partial charge on any atom is 0.254 e. The minimum Gasteiger partial charge on any atom is -0.466 e. The first-order valence-electron chi connectivity index (χ1n) is 4.43. The van der Waals surface area contributed by atoms with Gasteiger partial charge < -0.3 is 14.8 Å². The number of hydrogen-bond acceptors (Lipinski definition) is 3. The van der Waals surface area contributed by atoms with Crippen molar-refractivity contribution in [2.45, 2.75) is 0 Å². The summed E-state index contributed by atoms with van der Waals surface area (Å²) < 4.78 is 23.7. The van der Waals surface area contributed by atoms with Gasteiger partial charge in [-0.2, -0.15) is 0 Å². The van der Waals surface area contributed by atoms with Crippen LogP contribution in [-0.2, 0) is 4.74 Å². The van der Waals surface area contributed by atoms with E-state index in [0.717, 1.165) is 0 Å². The number of benzene rings is 1. The number of rotatable bonds is 4. The molecule has 0 aromatic heterocycles. The number of amides is 1. The largest absolute Gasteiger partial charge is 0.466 e. The Hall–Kier alpha value is -1.14. The van der Waals surface area contributed by atoms with Gasteiger partial charge in [0.25, 0.3) is 5.91 Å². The molecule has 0 heterocycles. The van der Waals surface area contributed by atoms with Crippen LogP contribution >= 0.6 is 15.9 Å². The molecule has 0 aliphatic rings. The lowest BCUT2D eigenvalue weighted by Crippen LogP contribution is -2.19. The molecule has 1 N–H and O–H groups in total. The SMILES string of the molecule is CNC(=O)c1cc(OCOC)c(Br)cc1F. The van der Waals surface area contributed by atoms with Crippen molar-refractivity contribution >= 4 is 21.8 Å². The molecule has 0 aliphatic heterocycles.